The van der Waals surface area contributed by atoms with Gasteiger partial charge in [-0.3, -0.25) is 4.79 Å². The number of aldehydes is 1. The van der Waals surface area contributed by atoms with Crippen LogP contribution in [0.15, 0.2) is 24.4 Å². The average Bonchev–Trinajstić information content (AvgIpc) is 3.23. The highest BCUT2D eigenvalue weighted by atomic mass is 16.7. The molecule has 3 aliphatic rings. The molecule has 5 rings (SSSR count). The summed E-state index contributed by atoms with van der Waals surface area (Å²) in [7, 11) is 2.03. The highest BCUT2D eigenvalue weighted by Gasteiger charge is 2.47. The van der Waals surface area contributed by atoms with Crippen LogP contribution in [-0.2, 0) is 4.74 Å². The second-order valence-corrected chi connectivity index (χ2v) is 10.5. The Hall–Kier alpha value is -2.64. The van der Waals surface area contributed by atoms with E-state index >= 15 is 0 Å². The van der Waals surface area contributed by atoms with E-state index in [4.69, 9.17) is 19.2 Å². The van der Waals surface area contributed by atoms with Gasteiger partial charge in [-0.1, -0.05) is 0 Å². The van der Waals surface area contributed by atoms with Gasteiger partial charge in [0.25, 0.3) is 5.79 Å². The summed E-state index contributed by atoms with van der Waals surface area (Å²) in [6.07, 6.45) is 7.40. The number of nitrogens with one attached hydrogen (secondary N) is 1. The van der Waals surface area contributed by atoms with Crippen molar-refractivity contribution in [2.45, 2.75) is 77.4 Å². The number of hydrogen-bond acceptors (Lipinski definition) is 7. The van der Waals surface area contributed by atoms with Gasteiger partial charge in [0, 0.05) is 60.4 Å². The van der Waals surface area contributed by atoms with E-state index in [1.807, 2.05) is 39.2 Å². The quantitative estimate of drug-likeness (QED) is 0.621. The van der Waals surface area contributed by atoms with Gasteiger partial charge in [0.05, 0.1) is 12.2 Å². The average molecular weight is 480 g/mol. The van der Waals surface area contributed by atoms with Crippen LogP contribution in [0.4, 0.5) is 5.82 Å². The van der Waals surface area contributed by atoms with E-state index in [2.05, 4.69) is 30.1 Å². The number of benzene rings is 1. The monoisotopic (exact) mass is 479 g/mol. The molecule has 7 heteroatoms. The van der Waals surface area contributed by atoms with Gasteiger partial charge in [0.2, 0.25) is 0 Å². The maximum absolute atomic E-state index is 11.9. The summed E-state index contributed by atoms with van der Waals surface area (Å²) < 4.78 is 19.0. The molecule has 0 bridgehead atoms. The van der Waals surface area contributed by atoms with Crippen LogP contribution in [0.3, 0.4) is 0 Å². The zero-order valence-corrected chi connectivity index (χ0v) is 21.5. The smallest absolute Gasteiger partial charge is 0.251 e. The first kappa shape index (κ1) is 24.1. The lowest BCUT2D eigenvalue weighted by Gasteiger charge is -2.37. The molecule has 1 saturated heterocycles. The molecule has 1 aromatic heterocycles. The Labute approximate surface area is 208 Å². The Morgan fingerprint density at radius 1 is 1.09 bits per heavy atom. The number of anilines is 1. The van der Waals surface area contributed by atoms with Gasteiger partial charge < -0.3 is 24.4 Å². The molecule has 0 amide bonds. The maximum atomic E-state index is 11.9. The minimum absolute atomic E-state index is 0.169. The van der Waals surface area contributed by atoms with E-state index in [0.29, 0.717) is 17.4 Å². The molecule has 2 aliphatic heterocycles. The molecule has 188 valence electrons. The molecule has 1 aliphatic carbocycles. The summed E-state index contributed by atoms with van der Waals surface area (Å²) in [6.45, 7) is 9.79. The number of pyridine rings is 1. The Morgan fingerprint density at radius 3 is 2.37 bits per heavy atom. The van der Waals surface area contributed by atoms with Crippen molar-refractivity contribution >= 4 is 12.1 Å². The third-order valence-electron chi connectivity index (χ3n) is 7.94. The van der Waals surface area contributed by atoms with Crippen LogP contribution in [0.2, 0.25) is 0 Å². The molecule has 2 fully saturated rings. The van der Waals surface area contributed by atoms with E-state index in [9.17, 15) is 4.79 Å². The van der Waals surface area contributed by atoms with Crippen molar-refractivity contribution < 1.29 is 19.0 Å². The zero-order chi connectivity index (χ0) is 24.7. The van der Waals surface area contributed by atoms with Gasteiger partial charge in [-0.05, 0) is 71.7 Å². The molecule has 7 nitrogen and oxygen atoms in total. The molecule has 0 spiro atoms. The van der Waals surface area contributed by atoms with Gasteiger partial charge in [-0.25, -0.2) is 4.98 Å². The molecule has 0 radical (unpaired) electrons. The molecule has 35 heavy (non-hydrogen) atoms. The SMILES string of the molecule is CNC1CCC(C2(C)Oc3c(-c4ccc(N5CC(C)OC(C)C5)nc4)cc(C=O)c(C)c3O2)CC1. The lowest BCUT2D eigenvalue weighted by Crippen LogP contribution is -2.46. The van der Waals surface area contributed by atoms with E-state index < -0.39 is 5.79 Å². The van der Waals surface area contributed by atoms with Crippen molar-refractivity contribution in [3.63, 3.8) is 0 Å². The number of carbonyl (C=O) groups is 1. The number of hydrogen-bond donors (Lipinski definition) is 1. The number of morpholine rings is 1. The molecular weight excluding hydrogens is 442 g/mol. The fraction of sp³-hybridized carbons (Fsp3) is 0.571. The molecule has 1 aromatic carbocycles. The predicted molar refractivity (Wildman–Crippen MR) is 136 cm³/mol. The van der Waals surface area contributed by atoms with E-state index in [0.717, 1.165) is 73.3 Å². The molecule has 3 atom stereocenters. The fourth-order valence-corrected chi connectivity index (χ4v) is 5.91. The molecule has 3 heterocycles. The van der Waals surface area contributed by atoms with Crippen LogP contribution in [0.5, 0.6) is 11.5 Å². The summed E-state index contributed by atoms with van der Waals surface area (Å²) in [5.74, 6) is 1.88. The standard InChI is InChI=1S/C28H37N3O4/c1-17-14-31(15-18(2)33-17)25-11-6-20(13-30-25)24-12-21(16-32)19(3)26-27(24)35-28(4,34-26)22-7-9-23(29-5)10-8-22/h6,11-13,16-18,22-23,29H,7-10,14-15H2,1-5H3. The van der Waals surface area contributed by atoms with Crippen molar-refractivity contribution in [1.82, 2.24) is 10.3 Å². The van der Waals surface area contributed by atoms with Crippen LogP contribution in [0.1, 0.15) is 62.4 Å². The van der Waals surface area contributed by atoms with Gasteiger partial charge in [0.1, 0.15) is 12.1 Å². The molecule has 2 aromatic rings. The highest BCUT2D eigenvalue weighted by Crippen LogP contribution is 2.52. The Bertz CT molecular complexity index is 1070. The van der Waals surface area contributed by atoms with Crippen LogP contribution in [0, 0.1) is 12.8 Å². The van der Waals surface area contributed by atoms with E-state index in [1.54, 1.807) is 0 Å². The minimum atomic E-state index is -0.741. The van der Waals surface area contributed by atoms with Gasteiger partial charge in [-0.2, -0.15) is 0 Å². The molecule has 1 saturated carbocycles. The number of rotatable bonds is 5. The molecular formula is C28H37N3O4. The first-order valence-corrected chi connectivity index (χ1v) is 12.9. The fourth-order valence-electron chi connectivity index (χ4n) is 5.91. The first-order valence-electron chi connectivity index (χ1n) is 12.9. The Kier molecular flexibility index (Phi) is 6.49. The van der Waals surface area contributed by atoms with Gasteiger partial charge >= 0.3 is 0 Å². The van der Waals surface area contributed by atoms with Crippen molar-refractivity contribution in [3.05, 3.63) is 35.5 Å². The first-order chi connectivity index (χ1) is 16.8. The van der Waals surface area contributed by atoms with Crippen molar-refractivity contribution in [2.24, 2.45) is 5.92 Å². The zero-order valence-electron chi connectivity index (χ0n) is 21.5. The second-order valence-electron chi connectivity index (χ2n) is 10.5. The van der Waals surface area contributed by atoms with Crippen LogP contribution in [-0.4, -0.2) is 55.4 Å². The predicted octanol–water partition coefficient (Wildman–Crippen LogP) is 4.75. The minimum Gasteiger partial charge on any atom is -0.448 e. The molecule has 3 unspecified atom stereocenters. The van der Waals surface area contributed by atoms with Crippen molar-refractivity contribution in [3.8, 4) is 22.6 Å². The lowest BCUT2D eigenvalue weighted by molar-refractivity contribution is -0.121. The summed E-state index contributed by atoms with van der Waals surface area (Å²) >= 11 is 0. The summed E-state index contributed by atoms with van der Waals surface area (Å²) in [5, 5.41) is 3.39. The summed E-state index contributed by atoms with van der Waals surface area (Å²) in [6, 6.07) is 6.56. The second kappa shape index (κ2) is 9.43. The van der Waals surface area contributed by atoms with E-state index in [1.165, 1.54) is 0 Å². The number of carbonyl (C=O) groups excluding carboxylic acids is 1. The van der Waals surface area contributed by atoms with Crippen LogP contribution in [0.25, 0.3) is 11.1 Å². The van der Waals surface area contributed by atoms with Crippen molar-refractivity contribution in [1.29, 1.82) is 0 Å². The normalized spacial score (nSPS) is 30.4. The third-order valence-corrected chi connectivity index (χ3v) is 7.94. The van der Waals surface area contributed by atoms with Crippen LogP contribution >= 0.6 is 0 Å². The lowest BCUT2D eigenvalue weighted by atomic mass is 9.81. The van der Waals surface area contributed by atoms with E-state index in [-0.39, 0.29) is 18.1 Å². The maximum Gasteiger partial charge on any atom is 0.251 e. The van der Waals surface area contributed by atoms with Crippen molar-refractivity contribution in [2.75, 3.05) is 25.0 Å². The highest BCUT2D eigenvalue weighted by molar-refractivity contribution is 5.87. The van der Waals surface area contributed by atoms with Gasteiger partial charge in [-0.15, -0.1) is 0 Å². The summed E-state index contributed by atoms with van der Waals surface area (Å²) in [4.78, 5) is 19.0. The molecule has 1 N–H and O–H groups in total. The third kappa shape index (κ3) is 4.52. The van der Waals surface area contributed by atoms with Crippen LogP contribution < -0.4 is 19.7 Å². The topological polar surface area (TPSA) is 72.9 Å². The summed E-state index contributed by atoms with van der Waals surface area (Å²) in [5.41, 5.74) is 3.20. The number of ether oxygens (including phenoxy) is 3. The number of fused-ring (bicyclic) bond motifs is 1. The van der Waals surface area contributed by atoms with Gasteiger partial charge in [0.15, 0.2) is 11.5 Å². The Morgan fingerprint density at radius 2 is 1.77 bits per heavy atom. The Balaban J connectivity index is 1.45. The number of nitrogens with zero attached hydrogens (tertiary/aromatic N) is 2. The number of aromatic nitrogens is 1. The largest absolute Gasteiger partial charge is 0.448 e.